The number of halogens is 2. The summed E-state index contributed by atoms with van der Waals surface area (Å²) in [4.78, 5) is 0. The third kappa shape index (κ3) is 8.83. The third-order valence-corrected chi connectivity index (χ3v) is 0. The smallest absolute Gasteiger partial charge is 0 e. The molecular formula is Br2HgSe. The minimum absolute atomic E-state index is 0. The van der Waals surface area contributed by atoms with Gasteiger partial charge in [-0.3, -0.25) is 0 Å². The van der Waals surface area contributed by atoms with Crippen LogP contribution in [0.1, 0.15) is 0 Å². The summed E-state index contributed by atoms with van der Waals surface area (Å²) in [6.07, 6.45) is 0. The van der Waals surface area contributed by atoms with Crippen molar-refractivity contribution in [2.75, 3.05) is 0 Å². The largest absolute Gasteiger partial charge is 0 e. The van der Waals surface area contributed by atoms with Gasteiger partial charge in [-0.2, -0.15) is 0 Å². The molecule has 0 saturated heterocycles. The van der Waals surface area contributed by atoms with Gasteiger partial charge in [0.25, 0.3) is 0 Å². The van der Waals surface area contributed by atoms with Crippen LogP contribution >= 0.6 is 23.8 Å². The maximum absolute atomic E-state index is 3.28. The minimum atomic E-state index is -0.458. The summed E-state index contributed by atoms with van der Waals surface area (Å²) in [6, 6.07) is 0. The molecule has 0 nitrogen and oxygen atoms in total. The normalized spacial score (nSPS) is 2.50. The predicted molar refractivity (Wildman–Crippen MR) is 23.6 cm³/mol. The maximum Gasteiger partial charge on any atom is 0 e. The molecular weight excluding hydrogens is 439 g/mol. The molecule has 0 aliphatic rings. The Morgan fingerprint density at radius 3 is 1.25 bits per heavy atom. The van der Waals surface area contributed by atoms with E-state index in [0.717, 1.165) is 0 Å². The van der Waals surface area contributed by atoms with Crippen molar-refractivity contribution in [3.8, 4) is 0 Å². The van der Waals surface area contributed by atoms with Crippen LogP contribution < -0.4 is 0 Å². The molecule has 0 rings (SSSR count). The van der Waals surface area contributed by atoms with Gasteiger partial charge in [0.1, 0.15) is 0 Å². The van der Waals surface area contributed by atoms with E-state index in [4.69, 9.17) is 0 Å². The number of rotatable bonds is 0. The van der Waals surface area contributed by atoms with Crippen LogP contribution in [0, 0.1) is 0 Å². The Balaban J connectivity index is 0. The molecule has 4 heavy (non-hydrogen) atoms. The van der Waals surface area contributed by atoms with Crippen molar-refractivity contribution in [2.45, 2.75) is 0 Å². The molecule has 0 spiro atoms. The summed E-state index contributed by atoms with van der Waals surface area (Å²) in [7, 11) is 0. The molecule has 0 bridgehead atoms. The molecule has 0 atom stereocenters. The molecule has 0 aliphatic carbocycles. The predicted octanol–water partition coefficient (Wildman–Crippen LogP) is 1.31. The van der Waals surface area contributed by atoms with Crippen LogP contribution in [0.2, 0.25) is 0 Å². The average Bonchev–Trinajstić information content (AvgIpc) is 0.918. The number of hydrogen-bond donors (Lipinski definition) is 0. The fourth-order valence-electron chi connectivity index (χ4n) is 0. The third-order valence-electron chi connectivity index (χ3n) is 0. The minimum Gasteiger partial charge on any atom is 0 e. The molecule has 0 amide bonds. The van der Waals surface area contributed by atoms with Crippen molar-refractivity contribution in [1.82, 2.24) is 0 Å². The Morgan fingerprint density at radius 2 is 1.25 bits per heavy atom. The second-order valence-corrected chi connectivity index (χ2v) is 23.9. The second-order valence-electron chi connectivity index (χ2n) is 0.101. The van der Waals surface area contributed by atoms with Crippen molar-refractivity contribution in [3.63, 3.8) is 0 Å². The summed E-state index contributed by atoms with van der Waals surface area (Å²) < 4.78 is 0. The zero-order valence-corrected chi connectivity index (χ0v) is 12.3. The molecule has 0 N–H and O–H groups in total. The topological polar surface area (TPSA) is 0 Å². The molecule has 4 heteroatoms. The maximum atomic E-state index is 3.28. The Labute approximate surface area is 59.5 Å². The summed E-state index contributed by atoms with van der Waals surface area (Å²) in [5, 5.41) is 0. The second kappa shape index (κ2) is 9.05. The van der Waals surface area contributed by atoms with Crippen LogP contribution in [0.15, 0.2) is 0 Å². The first-order valence-electron chi connectivity index (χ1n) is 0.535. The standard InChI is InChI=1S/2BrH.Hg.Se/h2*1H;;/q;;+2;/p-2. The van der Waals surface area contributed by atoms with Gasteiger partial charge in [-0.1, -0.05) is 0 Å². The van der Waals surface area contributed by atoms with Gasteiger partial charge >= 0.3 is 43.5 Å². The van der Waals surface area contributed by atoms with E-state index in [1.807, 2.05) is 0 Å². The molecule has 0 unspecified atom stereocenters. The van der Waals surface area contributed by atoms with Crippen LogP contribution in [-0.4, -0.2) is 17.1 Å². The fraction of sp³-hybridized carbons (Fsp3) is 0. The molecule has 2 radical (unpaired) electrons. The van der Waals surface area contributed by atoms with Crippen LogP contribution in [0.3, 0.4) is 0 Å². The molecule has 0 aliphatic heterocycles. The molecule has 0 aromatic carbocycles. The molecule has 0 heterocycles. The van der Waals surface area contributed by atoms with Crippen molar-refractivity contribution in [1.29, 1.82) is 0 Å². The number of hydrogen-bond acceptors (Lipinski definition) is 0. The van der Waals surface area contributed by atoms with Crippen molar-refractivity contribution in [3.05, 3.63) is 0 Å². The van der Waals surface area contributed by atoms with Gasteiger partial charge in [0.15, 0.2) is 0 Å². The van der Waals surface area contributed by atoms with Gasteiger partial charge in [0.2, 0.25) is 0 Å². The summed E-state index contributed by atoms with van der Waals surface area (Å²) >= 11 is 6.11. The molecule has 0 fully saturated rings. The first kappa shape index (κ1) is 9.65. The SMILES string of the molecule is [Br][Hg][Br].[Se]. The van der Waals surface area contributed by atoms with Gasteiger partial charge in [0.05, 0.1) is 0 Å². The first-order valence-corrected chi connectivity index (χ1v) is 24.4. The van der Waals surface area contributed by atoms with E-state index in [0.29, 0.717) is 0 Å². The van der Waals surface area contributed by atoms with Gasteiger partial charge < -0.3 is 0 Å². The Kier molecular flexibility index (Phi) is 21.8. The first-order chi connectivity index (χ1) is 1.41. The zero-order valence-electron chi connectivity index (χ0n) is 1.87. The van der Waals surface area contributed by atoms with Crippen molar-refractivity contribution >= 4 is 40.9 Å². The van der Waals surface area contributed by atoms with Crippen molar-refractivity contribution in [2.24, 2.45) is 0 Å². The summed E-state index contributed by atoms with van der Waals surface area (Å²) in [6.45, 7) is 0. The van der Waals surface area contributed by atoms with Crippen LogP contribution in [0.4, 0.5) is 0 Å². The van der Waals surface area contributed by atoms with Crippen molar-refractivity contribution < 1.29 is 19.7 Å². The Morgan fingerprint density at radius 1 is 1.25 bits per heavy atom. The molecule has 22 valence electrons. The van der Waals surface area contributed by atoms with Crippen LogP contribution in [0.25, 0.3) is 0 Å². The van der Waals surface area contributed by atoms with E-state index in [1.165, 1.54) is 0 Å². The fourth-order valence-corrected chi connectivity index (χ4v) is 0. The van der Waals surface area contributed by atoms with E-state index in [-0.39, 0.29) is 17.1 Å². The van der Waals surface area contributed by atoms with E-state index in [1.54, 1.807) is 0 Å². The quantitative estimate of drug-likeness (QED) is 0.500. The van der Waals surface area contributed by atoms with E-state index in [9.17, 15) is 0 Å². The van der Waals surface area contributed by atoms with Gasteiger partial charge in [-0.25, -0.2) is 0 Å². The van der Waals surface area contributed by atoms with E-state index < -0.39 is 19.7 Å². The van der Waals surface area contributed by atoms with E-state index >= 15 is 0 Å². The summed E-state index contributed by atoms with van der Waals surface area (Å²) in [5.74, 6) is 0. The van der Waals surface area contributed by atoms with Gasteiger partial charge in [0, 0.05) is 17.1 Å². The Hall–Kier alpha value is 2.41. The summed E-state index contributed by atoms with van der Waals surface area (Å²) in [5.41, 5.74) is 0. The van der Waals surface area contributed by atoms with E-state index in [2.05, 4.69) is 23.8 Å². The Bertz CT molecular complexity index is 6.00. The van der Waals surface area contributed by atoms with Gasteiger partial charge in [-0.15, -0.1) is 0 Å². The van der Waals surface area contributed by atoms with Crippen LogP contribution in [0.5, 0.6) is 0 Å². The molecule has 0 aromatic heterocycles. The average molecular weight is 439 g/mol. The van der Waals surface area contributed by atoms with Crippen LogP contribution in [-0.2, 0) is 19.7 Å². The van der Waals surface area contributed by atoms with Gasteiger partial charge in [-0.05, 0) is 0 Å². The zero-order chi connectivity index (χ0) is 2.71. The molecule has 0 saturated carbocycles. The monoisotopic (exact) mass is 440 g/mol. The molecule has 0 aromatic rings.